The number of aliphatic carboxylic acids is 1. The summed E-state index contributed by atoms with van der Waals surface area (Å²) in [6, 6.07) is 4.10. The zero-order valence-electron chi connectivity index (χ0n) is 19.9. The Morgan fingerprint density at radius 2 is 1.80 bits per heavy atom. The Morgan fingerprint density at radius 1 is 1.11 bits per heavy atom. The monoisotopic (exact) mass is 489 g/mol. The fourth-order valence-electron chi connectivity index (χ4n) is 5.38. The van der Waals surface area contributed by atoms with Crippen LogP contribution in [0.25, 0.3) is 0 Å². The molecule has 0 radical (unpaired) electrons. The molecule has 1 aliphatic carbocycles. The third kappa shape index (κ3) is 5.55. The predicted octanol–water partition coefficient (Wildman–Crippen LogP) is 1.62. The molecule has 35 heavy (non-hydrogen) atoms. The number of likely N-dealkylation sites (N-methyl/N-ethyl adjacent to an activating group) is 1. The van der Waals surface area contributed by atoms with Crippen molar-refractivity contribution < 1.29 is 28.7 Å². The number of piperazine rings is 1. The highest BCUT2D eigenvalue weighted by Crippen LogP contribution is 2.30. The summed E-state index contributed by atoms with van der Waals surface area (Å²) in [6.07, 6.45) is 4.03. The van der Waals surface area contributed by atoms with Crippen molar-refractivity contribution in [3.8, 4) is 0 Å². The smallest absolute Gasteiger partial charge is 0.334 e. The van der Waals surface area contributed by atoms with Crippen LogP contribution < -0.4 is 5.32 Å². The summed E-state index contributed by atoms with van der Waals surface area (Å²) >= 11 is 0. The number of halogens is 1. The van der Waals surface area contributed by atoms with Gasteiger partial charge in [0.25, 0.3) is 0 Å². The maximum Gasteiger partial charge on any atom is 0.334 e. The van der Waals surface area contributed by atoms with Crippen molar-refractivity contribution >= 4 is 23.8 Å². The van der Waals surface area contributed by atoms with E-state index in [9.17, 15) is 28.7 Å². The van der Waals surface area contributed by atoms with Crippen LogP contribution in [0.4, 0.5) is 9.18 Å². The van der Waals surface area contributed by atoms with Gasteiger partial charge in [0.05, 0.1) is 19.5 Å². The molecule has 0 unspecified atom stereocenters. The molecule has 0 spiro atoms. The van der Waals surface area contributed by atoms with Gasteiger partial charge in [-0.3, -0.25) is 14.4 Å². The number of carboxylic acid groups (broad SMARTS) is 1. The lowest BCUT2D eigenvalue weighted by atomic mass is 9.88. The molecular formula is C24H32FN5O5. The summed E-state index contributed by atoms with van der Waals surface area (Å²) in [5.74, 6) is -2.00. The minimum atomic E-state index is -1.18. The second-order valence-corrected chi connectivity index (χ2v) is 9.59. The van der Waals surface area contributed by atoms with Gasteiger partial charge in [0.2, 0.25) is 11.8 Å². The van der Waals surface area contributed by atoms with Gasteiger partial charge >= 0.3 is 12.0 Å². The fourth-order valence-corrected chi connectivity index (χ4v) is 5.38. The Balaban J connectivity index is 1.56. The second kappa shape index (κ2) is 10.6. The molecule has 2 atom stereocenters. The van der Waals surface area contributed by atoms with Crippen LogP contribution in [0, 0.1) is 11.7 Å². The number of nitrogens with one attached hydrogen (secondary N) is 1. The van der Waals surface area contributed by atoms with Crippen molar-refractivity contribution in [3.05, 3.63) is 35.6 Å². The first-order valence-corrected chi connectivity index (χ1v) is 12.1. The van der Waals surface area contributed by atoms with Crippen LogP contribution in [-0.4, -0.2) is 87.6 Å². The van der Waals surface area contributed by atoms with Gasteiger partial charge in [-0.1, -0.05) is 31.4 Å². The quantitative estimate of drug-likeness (QED) is 0.628. The van der Waals surface area contributed by atoms with Crippen LogP contribution in [0.5, 0.6) is 0 Å². The van der Waals surface area contributed by atoms with Crippen molar-refractivity contribution in [1.82, 2.24) is 25.1 Å². The Bertz CT molecular complexity index is 968. The zero-order chi connectivity index (χ0) is 25.1. The molecule has 1 aromatic carbocycles. The van der Waals surface area contributed by atoms with Crippen LogP contribution in [-0.2, 0) is 20.9 Å². The Labute approximate surface area is 203 Å². The van der Waals surface area contributed by atoms with E-state index in [-0.39, 0.29) is 31.4 Å². The van der Waals surface area contributed by atoms with E-state index >= 15 is 0 Å². The predicted molar refractivity (Wildman–Crippen MR) is 123 cm³/mol. The number of fused-ring (bicyclic) bond motifs is 1. The molecular weight excluding hydrogens is 457 g/mol. The molecule has 0 aromatic heterocycles. The largest absolute Gasteiger partial charge is 0.481 e. The molecule has 4 amide bonds. The Kier molecular flexibility index (Phi) is 7.54. The molecule has 11 heteroatoms. The number of urea groups is 1. The zero-order valence-corrected chi connectivity index (χ0v) is 19.9. The van der Waals surface area contributed by atoms with Crippen LogP contribution in [0.2, 0.25) is 0 Å². The lowest BCUT2D eigenvalue weighted by Gasteiger charge is -2.54. The maximum atomic E-state index is 13.3. The third-order valence-corrected chi connectivity index (χ3v) is 7.08. The summed E-state index contributed by atoms with van der Waals surface area (Å²) in [5.41, 5.74) is 0.703. The molecule has 190 valence electrons. The number of hydrazine groups is 1. The van der Waals surface area contributed by atoms with Crippen molar-refractivity contribution in [1.29, 1.82) is 0 Å². The fraction of sp³-hybridized carbons (Fsp3) is 0.583. The van der Waals surface area contributed by atoms with Gasteiger partial charge in [0.15, 0.2) is 0 Å². The second-order valence-electron chi connectivity index (χ2n) is 9.59. The average Bonchev–Trinajstić information content (AvgIpc) is 2.81. The first-order valence-electron chi connectivity index (χ1n) is 12.1. The van der Waals surface area contributed by atoms with Crippen LogP contribution >= 0.6 is 0 Å². The van der Waals surface area contributed by atoms with E-state index < -0.39 is 36.5 Å². The molecule has 3 aliphatic rings. The van der Waals surface area contributed by atoms with Gasteiger partial charge in [-0.25, -0.2) is 19.2 Å². The van der Waals surface area contributed by atoms with Gasteiger partial charge in [0.1, 0.15) is 18.0 Å². The Morgan fingerprint density at radius 3 is 2.46 bits per heavy atom. The molecule has 1 aromatic rings. The molecule has 2 N–H and O–H groups in total. The lowest BCUT2D eigenvalue weighted by molar-refractivity contribution is -0.189. The number of hydrogen-bond donors (Lipinski definition) is 2. The first kappa shape index (κ1) is 24.9. The van der Waals surface area contributed by atoms with Gasteiger partial charge in [-0.2, -0.15) is 0 Å². The van der Waals surface area contributed by atoms with Gasteiger partial charge in [-0.15, -0.1) is 0 Å². The summed E-state index contributed by atoms with van der Waals surface area (Å²) < 4.78 is 13.2. The number of carboxylic acids is 1. The number of hydrogen-bond acceptors (Lipinski definition) is 5. The third-order valence-electron chi connectivity index (χ3n) is 7.08. The highest BCUT2D eigenvalue weighted by molar-refractivity contribution is 5.93. The summed E-state index contributed by atoms with van der Waals surface area (Å²) in [6.45, 7) is 0.591. The van der Waals surface area contributed by atoms with Gasteiger partial charge in [0, 0.05) is 20.1 Å². The van der Waals surface area contributed by atoms with Crippen LogP contribution in [0.3, 0.4) is 0 Å². The summed E-state index contributed by atoms with van der Waals surface area (Å²) in [7, 11) is 1.61. The van der Waals surface area contributed by atoms with E-state index in [1.165, 1.54) is 33.5 Å². The molecule has 1 saturated carbocycles. The lowest BCUT2D eigenvalue weighted by Crippen LogP contribution is -2.76. The average molecular weight is 490 g/mol. The number of amides is 4. The molecule has 2 aliphatic heterocycles. The molecule has 10 nitrogen and oxygen atoms in total. The minimum Gasteiger partial charge on any atom is -0.481 e. The summed E-state index contributed by atoms with van der Waals surface area (Å²) in [5, 5.41) is 15.2. The highest BCUT2D eigenvalue weighted by Gasteiger charge is 2.51. The van der Waals surface area contributed by atoms with Crippen LogP contribution in [0.1, 0.15) is 44.1 Å². The van der Waals surface area contributed by atoms with E-state index in [0.29, 0.717) is 18.0 Å². The molecule has 2 heterocycles. The number of benzene rings is 1. The molecule has 2 saturated heterocycles. The Hall–Kier alpha value is -3.21. The SMILES string of the molecule is CN1CC(=O)N2[C@@H](CC(=O)O)C(=O)N(CC3CCCCC3)C[C@@H]2N1C(=O)NCc1ccc(F)cc1. The molecule has 3 fully saturated rings. The van der Waals surface area contributed by atoms with Crippen molar-refractivity contribution in [2.24, 2.45) is 5.92 Å². The van der Waals surface area contributed by atoms with Gasteiger partial charge < -0.3 is 20.2 Å². The first-order chi connectivity index (χ1) is 16.7. The van der Waals surface area contributed by atoms with Crippen molar-refractivity contribution in [2.75, 3.05) is 26.7 Å². The minimum absolute atomic E-state index is 0.117. The number of nitrogens with zero attached hydrogens (tertiary/aromatic N) is 4. The van der Waals surface area contributed by atoms with E-state index in [1.54, 1.807) is 24.1 Å². The van der Waals surface area contributed by atoms with E-state index in [1.807, 2.05) is 0 Å². The standard InChI is InChI=1S/C24H32FN5O5/c1-27-15-21(31)29-19(11-22(32)33)23(34)28(13-17-5-3-2-4-6-17)14-20(29)30(27)24(35)26-12-16-7-9-18(25)10-8-16/h7-10,17,19-20H,2-6,11-15H2,1H3,(H,26,35)(H,32,33)/t19-,20-/m0/s1. The highest BCUT2D eigenvalue weighted by atomic mass is 19.1. The van der Waals surface area contributed by atoms with E-state index in [4.69, 9.17) is 0 Å². The topological polar surface area (TPSA) is 114 Å². The normalized spacial score (nSPS) is 23.9. The maximum absolute atomic E-state index is 13.3. The molecule has 0 bridgehead atoms. The number of rotatable bonds is 6. The number of carbonyl (C=O) groups excluding carboxylic acids is 3. The number of carbonyl (C=O) groups is 4. The van der Waals surface area contributed by atoms with Crippen LogP contribution in [0.15, 0.2) is 24.3 Å². The van der Waals surface area contributed by atoms with Crippen molar-refractivity contribution in [3.63, 3.8) is 0 Å². The van der Waals surface area contributed by atoms with Crippen molar-refractivity contribution in [2.45, 2.75) is 57.3 Å². The van der Waals surface area contributed by atoms with E-state index in [2.05, 4.69) is 5.32 Å². The molecule has 4 rings (SSSR count). The van der Waals surface area contributed by atoms with Gasteiger partial charge in [-0.05, 0) is 36.5 Å². The summed E-state index contributed by atoms with van der Waals surface area (Å²) in [4.78, 5) is 54.1. The van der Waals surface area contributed by atoms with E-state index in [0.717, 1.165) is 25.7 Å².